The summed E-state index contributed by atoms with van der Waals surface area (Å²) < 4.78 is 0. The largest absolute Gasteiger partial charge is 0.349 e. The molecule has 3 nitrogen and oxygen atoms in total. The van der Waals surface area contributed by atoms with Crippen LogP contribution in [-0.4, -0.2) is 29.9 Å². The average Bonchev–Trinajstić information content (AvgIpc) is 2.56. The molecule has 3 heteroatoms. The molecule has 3 rings (SSSR count). The van der Waals surface area contributed by atoms with Gasteiger partial charge in [0.2, 0.25) is 0 Å². The third-order valence-corrected chi connectivity index (χ3v) is 5.30. The van der Waals surface area contributed by atoms with Crippen LogP contribution in [0.25, 0.3) is 0 Å². The van der Waals surface area contributed by atoms with Crippen LogP contribution in [0.5, 0.6) is 0 Å². The zero-order valence-electron chi connectivity index (χ0n) is 14.4. The zero-order valence-corrected chi connectivity index (χ0v) is 14.4. The standard InChI is InChI=1S/C20H30N2O/c1-16-6-5-13-22(14-16)15-17-9-11-18(12-10-17)20(23)21-19-7-3-2-4-8-19/h9-12,16,19H,2-8,13-15H2,1H3,(H,21,23)/t16-/m1/s1. The molecule has 23 heavy (non-hydrogen) atoms. The van der Waals surface area contributed by atoms with Crippen LogP contribution >= 0.6 is 0 Å². The van der Waals surface area contributed by atoms with Gasteiger partial charge < -0.3 is 5.32 Å². The van der Waals surface area contributed by atoms with Crippen molar-refractivity contribution < 1.29 is 4.79 Å². The van der Waals surface area contributed by atoms with E-state index in [1.54, 1.807) is 0 Å². The first-order valence-electron chi connectivity index (χ1n) is 9.33. The van der Waals surface area contributed by atoms with Crippen molar-refractivity contribution in [1.29, 1.82) is 0 Å². The molecule has 1 N–H and O–H groups in total. The maximum atomic E-state index is 12.3. The number of piperidine rings is 1. The van der Waals surface area contributed by atoms with Crippen LogP contribution < -0.4 is 5.32 Å². The first kappa shape index (κ1) is 16.5. The number of nitrogens with one attached hydrogen (secondary N) is 1. The minimum atomic E-state index is 0.0926. The number of rotatable bonds is 4. The quantitative estimate of drug-likeness (QED) is 0.911. The summed E-state index contributed by atoms with van der Waals surface area (Å²) in [6.07, 6.45) is 8.75. The molecule has 0 unspecified atom stereocenters. The summed E-state index contributed by atoms with van der Waals surface area (Å²) >= 11 is 0. The van der Waals surface area contributed by atoms with Gasteiger partial charge in [0.1, 0.15) is 0 Å². The number of hydrogen-bond donors (Lipinski definition) is 1. The van der Waals surface area contributed by atoms with Crippen LogP contribution in [-0.2, 0) is 6.54 Å². The van der Waals surface area contributed by atoms with Crippen LogP contribution in [0.3, 0.4) is 0 Å². The van der Waals surface area contributed by atoms with Crippen molar-refractivity contribution in [2.75, 3.05) is 13.1 Å². The highest BCUT2D eigenvalue weighted by Crippen LogP contribution is 2.19. The maximum absolute atomic E-state index is 12.3. The number of nitrogens with zero attached hydrogens (tertiary/aromatic N) is 1. The Morgan fingerprint density at radius 2 is 1.83 bits per heavy atom. The predicted octanol–water partition coefficient (Wildman–Crippen LogP) is 3.98. The third-order valence-electron chi connectivity index (χ3n) is 5.30. The van der Waals surface area contributed by atoms with E-state index in [1.165, 1.54) is 50.8 Å². The van der Waals surface area contributed by atoms with Gasteiger partial charge in [-0.3, -0.25) is 9.69 Å². The smallest absolute Gasteiger partial charge is 0.251 e. The summed E-state index contributed by atoms with van der Waals surface area (Å²) in [7, 11) is 0. The molecule has 1 atom stereocenters. The first-order chi connectivity index (χ1) is 11.2. The van der Waals surface area contributed by atoms with E-state index < -0.39 is 0 Å². The summed E-state index contributed by atoms with van der Waals surface area (Å²) in [6, 6.07) is 8.59. The Balaban J connectivity index is 1.52. The molecule has 1 saturated heterocycles. The Hall–Kier alpha value is -1.35. The molecule has 0 aromatic heterocycles. The molecule has 1 amide bonds. The number of hydrogen-bond acceptors (Lipinski definition) is 2. The second-order valence-corrected chi connectivity index (χ2v) is 7.49. The predicted molar refractivity (Wildman–Crippen MR) is 94.5 cm³/mol. The van der Waals surface area contributed by atoms with Gasteiger partial charge in [-0.15, -0.1) is 0 Å². The van der Waals surface area contributed by atoms with Crippen LogP contribution in [0.2, 0.25) is 0 Å². The Kier molecular flexibility index (Phi) is 5.71. The van der Waals surface area contributed by atoms with E-state index in [-0.39, 0.29) is 5.91 Å². The van der Waals surface area contributed by atoms with Crippen molar-refractivity contribution in [2.24, 2.45) is 5.92 Å². The van der Waals surface area contributed by atoms with Gasteiger partial charge in [-0.2, -0.15) is 0 Å². The van der Waals surface area contributed by atoms with Gasteiger partial charge in [0.25, 0.3) is 5.91 Å². The SMILES string of the molecule is C[C@@H]1CCCN(Cc2ccc(C(=O)NC3CCCCC3)cc2)C1. The minimum absolute atomic E-state index is 0.0926. The minimum Gasteiger partial charge on any atom is -0.349 e. The van der Waals surface area contributed by atoms with E-state index in [1.807, 2.05) is 12.1 Å². The topological polar surface area (TPSA) is 32.3 Å². The lowest BCUT2D eigenvalue weighted by molar-refractivity contribution is 0.0927. The monoisotopic (exact) mass is 314 g/mol. The molecule has 0 bridgehead atoms. The Bertz CT molecular complexity index is 505. The second kappa shape index (κ2) is 7.96. The van der Waals surface area contributed by atoms with Crippen LogP contribution in [0.4, 0.5) is 0 Å². The average molecular weight is 314 g/mol. The molecular weight excluding hydrogens is 284 g/mol. The molecular formula is C20H30N2O. The zero-order chi connectivity index (χ0) is 16.1. The lowest BCUT2D eigenvalue weighted by Crippen LogP contribution is -2.36. The van der Waals surface area contributed by atoms with Crippen LogP contribution in [0.15, 0.2) is 24.3 Å². The van der Waals surface area contributed by atoms with Gasteiger partial charge in [0.05, 0.1) is 0 Å². The molecule has 1 aromatic rings. The summed E-state index contributed by atoms with van der Waals surface area (Å²) in [6.45, 7) is 5.75. The molecule has 2 aliphatic rings. The highest BCUT2D eigenvalue weighted by atomic mass is 16.1. The number of carbonyl (C=O) groups excluding carboxylic acids is 1. The normalized spacial score (nSPS) is 23.6. The van der Waals surface area contributed by atoms with Gasteiger partial charge in [-0.25, -0.2) is 0 Å². The van der Waals surface area contributed by atoms with Gasteiger partial charge in [0, 0.05) is 24.7 Å². The summed E-state index contributed by atoms with van der Waals surface area (Å²) in [5.41, 5.74) is 2.11. The third kappa shape index (κ3) is 4.81. The maximum Gasteiger partial charge on any atom is 0.251 e. The van der Waals surface area contributed by atoms with Crippen molar-refractivity contribution >= 4 is 5.91 Å². The highest BCUT2D eigenvalue weighted by Gasteiger charge is 2.18. The molecule has 0 radical (unpaired) electrons. The summed E-state index contributed by atoms with van der Waals surface area (Å²) in [5.74, 6) is 0.902. The molecule has 0 spiro atoms. The van der Waals surface area contributed by atoms with Gasteiger partial charge in [-0.1, -0.05) is 38.3 Å². The fraction of sp³-hybridized carbons (Fsp3) is 0.650. The lowest BCUT2D eigenvalue weighted by atomic mass is 9.95. The number of benzene rings is 1. The molecule has 1 aliphatic carbocycles. The van der Waals surface area contributed by atoms with Gasteiger partial charge >= 0.3 is 0 Å². The Labute approximate surface area is 140 Å². The first-order valence-corrected chi connectivity index (χ1v) is 9.33. The van der Waals surface area contributed by atoms with E-state index >= 15 is 0 Å². The fourth-order valence-corrected chi connectivity index (χ4v) is 3.97. The van der Waals surface area contributed by atoms with Crippen LogP contribution in [0, 0.1) is 5.92 Å². The number of carbonyl (C=O) groups is 1. The molecule has 1 aromatic carbocycles. The van der Waals surface area contributed by atoms with E-state index in [9.17, 15) is 4.79 Å². The van der Waals surface area contributed by atoms with Crippen molar-refractivity contribution in [3.8, 4) is 0 Å². The van der Waals surface area contributed by atoms with Crippen molar-refractivity contribution in [3.05, 3.63) is 35.4 Å². The van der Waals surface area contributed by atoms with E-state index in [4.69, 9.17) is 0 Å². The summed E-state index contributed by atoms with van der Waals surface area (Å²) in [5, 5.41) is 3.19. The molecule has 1 saturated carbocycles. The Morgan fingerprint density at radius 1 is 1.09 bits per heavy atom. The van der Waals surface area contributed by atoms with Crippen molar-refractivity contribution in [2.45, 2.75) is 64.5 Å². The second-order valence-electron chi connectivity index (χ2n) is 7.49. The number of likely N-dealkylation sites (tertiary alicyclic amines) is 1. The Morgan fingerprint density at radius 3 is 2.52 bits per heavy atom. The van der Waals surface area contributed by atoms with Gasteiger partial charge in [0.15, 0.2) is 0 Å². The molecule has 1 aliphatic heterocycles. The molecule has 1 heterocycles. The van der Waals surface area contributed by atoms with Crippen molar-refractivity contribution in [3.63, 3.8) is 0 Å². The molecule has 126 valence electrons. The highest BCUT2D eigenvalue weighted by molar-refractivity contribution is 5.94. The van der Waals surface area contributed by atoms with Crippen LogP contribution in [0.1, 0.15) is 67.8 Å². The van der Waals surface area contributed by atoms with E-state index in [0.717, 1.165) is 30.9 Å². The molecule has 2 fully saturated rings. The fourth-order valence-electron chi connectivity index (χ4n) is 3.97. The van der Waals surface area contributed by atoms with Crippen molar-refractivity contribution in [1.82, 2.24) is 10.2 Å². The lowest BCUT2D eigenvalue weighted by Gasteiger charge is -2.30. The summed E-state index contributed by atoms with van der Waals surface area (Å²) in [4.78, 5) is 14.9. The van der Waals surface area contributed by atoms with E-state index in [0.29, 0.717) is 6.04 Å². The number of amides is 1. The van der Waals surface area contributed by atoms with Gasteiger partial charge in [-0.05, 0) is 55.8 Å². The van der Waals surface area contributed by atoms with E-state index in [2.05, 4.69) is 29.3 Å².